The zero-order valence-corrected chi connectivity index (χ0v) is 16.8. The minimum absolute atomic E-state index is 0.00624. The first kappa shape index (κ1) is 21.3. The highest BCUT2D eigenvalue weighted by Gasteiger charge is 2.32. The molecule has 0 saturated heterocycles. The van der Waals surface area contributed by atoms with Crippen molar-refractivity contribution in [2.24, 2.45) is 9.50 Å². The Morgan fingerprint density at radius 2 is 2.07 bits per heavy atom. The van der Waals surface area contributed by atoms with Gasteiger partial charge in [0.2, 0.25) is 5.91 Å². The third kappa shape index (κ3) is 4.58. The van der Waals surface area contributed by atoms with Crippen LogP contribution in [0.3, 0.4) is 0 Å². The van der Waals surface area contributed by atoms with Gasteiger partial charge in [0.15, 0.2) is 17.3 Å². The zero-order chi connectivity index (χ0) is 21.7. The van der Waals surface area contributed by atoms with Crippen LogP contribution in [0.5, 0.6) is 11.5 Å². The van der Waals surface area contributed by atoms with E-state index in [1.165, 1.54) is 31.5 Å². The molecule has 1 aliphatic heterocycles. The molecule has 2 aromatic rings. The van der Waals surface area contributed by atoms with Gasteiger partial charge in [-0.1, -0.05) is 12.1 Å². The van der Waals surface area contributed by atoms with Crippen LogP contribution < -0.4 is 10.1 Å². The second kappa shape index (κ2) is 8.93. The number of benzene rings is 2. The Labute approximate surface area is 173 Å². The quantitative estimate of drug-likeness (QED) is 0.422. The summed E-state index contributed by atoms with van der Waals surface area (Å²) in [4.78, 5) is 12.2. The number of aliphatic hydroxyl groups excluding tert-OH is 1. The minimum Gasteiger partial charge on any atom is -0.504 e. The molecular weight excluding hydrogens is 412 g/mol. The molecule has 0 unspecified atom stereocenters. The molecule has 0 bridgehead atoms. The fourth-order valence-corrected chi connectivity index (χ4v) is 3.95. The maximum atomic E-state index is 12.4. The molecule has 0 spiro atoms. The fraction of sp³-hybridized carbons (Fsp3) is 0.211. The van der Waals surface area contributed by atoms with E-state index in [9.17, 15) is 18.3 Å². The van der Waals surface area contributed by atoms with E-state index in [1.54, 1.807) is 24.3 Å². The van der Waals surface area contributed by atoms with Crippen molar-refractivity contribution in [3.05, 3.63) is 53.6 Å². The number of nitrogens with one attached hydrogen (secondary N) is 1. The van der Waals surface area contributed by atoms with Gasteiger partial charge in [0.25, 0.3) is 10.0 Å². The van der Waals surface area contributed by atoms with Crippen LogP contribution in [0.15, 0.2) is 56.9 Å². The number of hydrogen-bond acceptors (Lipinski definition) is 8. The van der Waals surface area contributed by atoms with Gasteiger partial charge in [0, 0.05) is 12.1 Å². The van der Waals surface area contributed by atoms with Gasteiger partial charge in [0.05, 0.1) is 19.9 Å². The summed E-state index contributed by atoms with van der Waals surface area (Å²) < 4.78 is 33.6. The number of phenolic OH excluding ortho intramolecular Hbond substituents is 1. The number of aliphatic hydroxyl groups is 1. The smallest absolute Gasteiger partial charge is 0.285 e. The van der Waals surface area contributed by atoms with E-state index in [1.807, 2.05) is 0 Å². The van der Waals surface area contributed by atoms with Gasteiger partial charge in [-0.15, -0.1) is 4.40 Å². The van der Waals surface area contributed by atoms with Crippen LogP contribution in [0.1, 0.15) is 11.1 Å². The van der Waals surface area contributed by atoms with Gasteiger partial charge >= 0.3 is 0 Å². The van der Waals surface area contributed by atoms with Crippen molar-refractivity contribution in [3.8, 4) is 11.5 Å². The normalized spacial score (nSPS) is 14.3. The van der Waals surface area contributed by atoms with Crippen molar-refractivity contribution in [1.29, 1.82) is 0 Å². The van der Waals surface area contributed by atoms with E-state index < -0.39 is 15.9 Å². The van der Waals surface area contributed by atoms with E-state index >= 15 is 0 Å². The number of hydrazone groups is 1. The highest BCUT2D eigenvalue weighted by atomic mass is 32.2. The second-order valence-corrected chi connectivity index (χ2v) is 7.77. The molecule has 0 radical (unpaired) electrons. The number of methoxy groups -OCH3 is 1. The Balaban J connectivity index is 1.97. The number of fused-ring (bicyclic) bond motifs is 1. The number of amides is 1. The average Bonchev–Trinajstić information content (AvgIpc) is 3.01. The summed E-state index contributed by atoms with van der Waals surface area (Å²) in [7, 11) is -2.50. The van der Waals surface area contributed by atoms with E-state index in [2.05, 4.69) is 14.8 Å². The Kier molecular flexibility index (Phi) is 6.33. The Morgan fingerprint density at radius 3 is 2.80 bits per heavy atom. The summed E-state index contributed by atoms with van der Waals surface area (Å²) in [6.45, 7) is -0.512. The molecule has 3 N–H and O–H groups in total. The Hall–Kier alpha value is -3.44. The number of rotatable bonds is 7. The molecule has 1 amide bonds. The molecule has 30 heavy (non-hydrogen) atoms. The van der Waals surface area contributed by atoms with Crippen LogP contribution in [0.4, 0.5) is 0 Å². The van der Waals surface area contributed by atoms with Gasteiger partial charge in [-0.2, -0.15) is 13.5 Å². The van der Waals surface area contributed by atoms with Crippen LogP contribution >= 0.6 is 0 Å². The molecule has 3 rings (SSSR count). The minimum atomic E-state index is -3.90. The van der Waals surface area contributed by atoms with Crippen LogP contribution in [0.2, 0.25) is 0 Å². The summed E-state index contributed by atoms with van der Waals surface area (Å²) in [5, 5.41) is 26.5. The average molecular weight is 432 g/mol. The fourth-order valence-electron chi connectivity index (χ4n) is 2.74. The second-order valence-electron chi connectivity index (χ2n) is 6.19. The predicted molar refractivity (Wildman–Crippen MR) is 109 cm³/mol. The van der Waals surface area contributed by atoms with Gasteiger partial charge in [0.1, 0.15) is 11.4 Å². The van der Waals surface area contributed by atoms with Crippen LogP contribution in [0, 0.1) is 0 Å². The van der Waals surface area contributed by atoms with Crippen molar-refractivity contribution in [2.75, 3.05) is 26.8 Å². The van der Waals surface area contributed by atoms with E-state index in [-0.39, 0.29) is 41.9 Å². The molecule has 158 valence electrons. The summed E-state index contributed by atoms with van der Waals surface area (Å²) in [5.41, 5.74) is 0.869. The van der Waals surface area contributed by atoms with E-state index in [4.69, 9.17) is 9.84 Å². The maximum Gasteiger partial charge on any atom is 0.285 e. The van der Waals surface area contributed by atoms with Crippen molar-refractivity contribution in [2.45, 2.75) is 4.90 Å². The number of carbonyl (C=O) groups is 1. The molecule has 2 aromatic carbocycles. The van der Waals surface area contributed by atoms with Gasteiger partial charge in [-0.25, -0.2) is 5.01 Å². The lowest BCUT2D eigenvalue weighted by atomic mass is 10.2. The lowest BCUT2D eigenvalue weighted by Crippen LogP contribution is -2.38. The molecule has 1 heterocycles. The number of sulfonamides is 1. The first-order chi connectivity index (χ1) is 14.4. The standard InChI is InChI=1S/C19H20N4O6S/c1-29-16-10-13(6-7-15(16)25)11-21-23(12-18(26)20-8-9-24)19-14-4-2-3-5-17(14)30(27,28)22-19/h2-7,10-11,24-25H,8-9,12H2,1H3,(H,20,26). The van der Waals surface area contributed by atoms with Gasteiger partial charge < -0.3 is 20.3 Å². The van der Waals surface area contributed by atoms with Gasteiger partial charge in [-0.3, -0.25) is 4.79 Å². The molecule has 0 aromatic heterocycles. The van der Waals surface area contributed by atoms with Crippen molar-refractivity contribution in [1.82, 2.24) is 10.3 Å². The van der Waals surface area contributed by atoms with Crippen molar-refractivity contribution < 1.29 is 28.2 Å². The number of nitrogens with zero attached hydrogens (tertiary/aromatic N) is 3. The number of phenols is 1. The Bertz CT molecular complexity index is 1110. The van der Waals surface area contributed by atoms with E-state index in [0.717, 1.165) is 5.01 Å². The monoisotopic (exact) mass is 432 g/mol. The SMILES string of the molecule is COc1cc(C=NN(CC(=O)NCCO)C2=NS(=O)(=O)c3ccccc32)ccc1O. The molecule has 0 aliphatic carbocycles. The number of aromatic hydroxyl groups is 1. The molecule has 0 fully saturated rings. The van der Waals surface area contributed by atoms with E-state index in [0.29, 0.717) is 11.1 Å². The summed E-state index contributed by atoms with van der Waals surface area (Å²) in [6, 6.07) is 10.8. The molecule has 11 heteroatoms. The first-order valence-corrected chi connectivity index (χ1v) is 10.3. The summed E-state index contributed by atoms with van der Waals surface area (Å²) in [6.07, 6.45) is 1.39. The van der Waals surface area contributed by atoms with Crippen LogP contribution in [-0.4, -0.2) is 68.4 Å². The number of carbonyl (C=O) groups excluding carboxylic acids is 1. The number of hydrogen-bond donors (Lipinski definition) is 3. The third-order valence-electron chi connectivity index (χ3n) is 4.13. The lowest BCUT2D eigenvalue weighted by Gasteiger charge is -2.18. The number of amidine groups is 1. The lowest BCUT2D eigenvalue weighted by molar-refractivity contribution is -0.121. The summed E-state index contributed by atoms with van der Waals surface area (Å²) in [5.74, 6) is -0.284. The van der Waals surface area contributed by atoms with Gasteiger partial charge in [-0.05, 0) is 35.9 Å². The Morgan fingerprint density at radius 1 is 1.30 bits per heavy atom. The molecular formula is C19H20N4O6S. The molecule has 1 aliphatic rings. The van der Waals surface area contributed by atoms with Crippen LogP contribution in [0.25, 0.3) is 0 Å². The van der Waals surface area contributed by atoms with Crippen molar-refractivity contribution >= 4 is 28.0 Å². The highest BCUT2D eigenvalue weighted by molar-refractivity contribution is 7.90. The van der Waals surface area contributed by atoms with Crippen molar-refractivity contribution in [3.63, 3.8) is 0 Å². The largest absolute Gasteiger partial charge is 0.504 e. The molecule has 0 saturated carbocycles. The molecule has 10 nitrogen and oxygen atoms in total. The first-order valence-electron chi connectivity index (χ1n) is 8.86. The number of ether oxygens (including phenoxy) is 1. The topological polar surface area (TPSA) is 141 Å². The maximum absolute atomic E-state index is 12.4. The molecule has 0 atom stereocenters. The predicted octanol–water partition coefficient (Wildman–Crippen LogP) is 0.294. The summed E-state index contributed by atoms with van der Waals surface area (Å²) >= 11 is 0. The third-order valence-corrected chi connectivity index (χ3v) is 5.46. The highest BCUT2D eigenvalue weighted by Crippen LogP contribution is 2.28. The zero-order valence-electron chi connectivity index (χ0n) is 16.0. The van der Waals surface area contributed by atoms with Crippen LogP contribution in [-0.2, 0) is 14.8 Å².